The first kappa shape index (κ1) is 14.3. The summed E-state index contributed by atoms with van der Waals surface area (Å²) in [5.41, 5.74) is 2.06. The van der Waals surface area contributed by atoms with Gasteiger partial charge in [0.1, 0.15) is 11.9 Å². The molecule has 1 aromatic heterocycles. The number of aryl methyl sites for hydroxylation is 1. The second-order valence-electron chi connectivity index (χ2n) is 4.59. The number of para-hydroxylation sites is 1. The van der Waals surface area contributed by atoms with E-state index in [1.807, 2.05) is 43.5 Å². The fourth-order valence-corrected chi connectivity index (χ4v) is 2.06. The lowest BCUT2D eigenvalue weighted by Gasteiger charge is -2.14. The van der Waals surface area contributed by atoms with Crippen LogP contribution in [0.5, 0.6) is 0 Å². The average molecular weight is 273 g/mol. The number of nitrogens with zero attached hydrogens (tertiary/aromatic N) is 2. The molecule has 1 aromatic carbocycles. The maximum absolute atomic E-state index is 11.4. The molecule has 1 unspecified atom stereocenters. The van der Waals surface area contributed by atoms with Gasteiger partial charge in [-0.2, -0.15) is 0 Å². The van der Waals surface area contributed by atoms with E-state index < -0.39 is 0 Å². The van der Waals surface area contributed by atoms with Crippen molar-refractivity contribution < 1.29 is 9.53 Å². The zero-order valence-electron chi connectivity index (χ0n) is 12.0. The molecule has 0 aliphatic rings. The minimum Gasteiger partial charge on any atom is -0.468 e. The fourth-order valence-electron chi connectivity index (χ4n) is 2.06. The molecule has 0 spiro atoms. The van der Waals surface area contributed by atoms with Gasteiger partial charge in [-0.05, 0) is 26.0 Å². The Labute approximate surface area is 118 Å². The van der Waals surface area contributed by atoms with E-state index in [2.05, 4.69) is 14.9 Å². The van der Waals surface area contributed by atoms with E-state index in [4.69, 9.17) is 4.74 Å². The lowest BCUT2D eigenvalue weighted by molar-refractivity contribution is -0.142. The summed E-state index contributed by atoms with van der Waals surface area (Å²) in [4.78, 5) is 15.7. The van der Waals surface area contributed by atoms with Crippen molar-refractivity contribution in [1.82, 2.24) is 14.9 Å². The van der Waals surface area contributed by atoms with Gasteiger partial charge in [-0.25, -0.2) is 4.98 Å². The molecule has 106 valence electrons. The van der Waals surface area contributed by atoms with Crippen molar-refractivity contribution in [2.24, 2.45) is 0 Å². The molecule has 1 atom stereocenters. The zero-order chi connectivity index (χ0) is 14.5. The third kappa shape index (κ3) is 3.05. The summed E-state index contributed by atoms with van der Waals surface area (Å²) in [7, 11) is 1.39. The highest BCUT2D eigenvalue weighted by molar-refractivity contribution is 5.75. The second kappa shape index (κ2) is 6.34. The Balaban J connectivity index is 2.16. The number of carbonyl (C=O) groups is 1. The maximum Gasteiger partial charge on any atom is 0.322 e. The molecule has 0 aliphatic heterocycles. The molecule has 0 saturated heterocycles. The van der Waals surface area contributed by atoms with E-state index in [1.54, 1.807) is 6.92 Å². The van der Waals surface area contributed by atoms with Crippen molar-refractivity contribution in [2.45, 2.75) is 26.4 Å². The number of methoxy groups -OCH3 is 1. The summed E-state index contributed by atoms with van der Waals surface area (Å²) in [6.45, 7) is 4.29. The minimum absolute atomic E-state index is 0.271. The molecular weight excluding hydrogens is 254 g/mol. The molecule has 2 rings (SSSR count). The summed E-state index contributed by atoms with van der Waals surface area (Å²) in [5, 5.41) is 3.14. The van der Waals surface area contributed by atoms with Crippen molar-refractivity contribution in [3.63, 3.8) is 0 Å². The molecule has 5 heteroatoms. The molecule has 0 saturated carbocycles. The molecule has 1 heterocycles. The van der Waals surface area contributed by atoms with Crippen LogP contribution >= 0.6 is 0 Å². The Bertz CT molecular complexity index is 578. The van der Waals surface area contributed by atoms with Crippen molar-refractivity contribution in [3.8, 4) is 5.69 Å². The predicted molar refractivity (Wildman–Crippen MR) is 76.6 cm³/mol. The van der Waals surface area contributed by atoms with Crippen LogP contribution in [0.2, 0.25) is 0 Å². The molecule has 1 N–H and O–H groups in total. The second-order valence-corrected chi connectivity index (χ2v) is 4.59. The number of hydrogen-bond acceptors (Lipinski definition) is 4. The summed E-state index contributed by atoms with van der Waals surface area (Å²) in [6.07, 6.45) is 1.82. The van der Waals surface area contributed by atoms with Crippen LogP contribution in [0.1, 0.15) is 18.4 Å². The normalized spacial score (nSPS) is 12.2. The highest BCUT2D eigenvalue weighted by atomic mass is 16.5. The standard InChI is InChI=1S/C15H19N3O2/c1-11(15(19)20-3)16-9-14-10-17-12(2)18(14)13-7-5-4-6-8-13/h4-8,10-11,16H,9H2,1-3H3. The average Bonchev–Trinajstić information content (AvgIpc) is 2.85. The van der Waals surface area contributed by atoms with Crippen molar-refractivity contribution >= 4 is 5.97 Å². The monoisotopic (exact) mass is 273 g/mol. The van der Waals surface area contributed by atoms with Crippen LogP contribution in [0, 0.1) is 6.92 Å². The van der Waals surface area contributed by atoms with Crippen molar-refractivity contribution in [3.05, 3.63) is 48.0 Å². The van der Waals surface area contributed by atoms with Crippen LogP contribution < -0.4 is 5.32 Å². The van der Waals surface area contributed by atoms with Gasteiger partial charge in [0, 0.05) is 12.2 Å². The molecule has 5 nitrogen and oxygen atoms in total. The van der Waals surface area contributed by atoms with E-state index in [1.165, 1.54) is 7.11 Å². The number of carbonyl (C=O) groups excluding carboxylic acids is 1. The number of imidazole rings is 1. The molecule has 20 heavy (non-hydrogen) atoms. The number of esters is 1. The minimum atomic E-state index is -0.348. The third-order valence-electron chi connectivity index (χ3n) is 3.17. The van der Waals surface area contributed by atoms with Gasteiger partial charge in [-0.15, -0.1) is 0 Å². The largest absolute Gasteiger partial charge is 0.468 e. The smallest absolute Gasteiger partial charge is 0.322 e. The number of rotatable bonds is 5. The van der Waals surface area contributed by atoms with E-state index in [-0.39, 0.29) is 12.0 Å². The first-order valence-electron chi connectivity index (χ1n) is 6.53. The third-order valence-corrected chi connectivity index (χ3v) is 3.17. The quantitative estimate of drug-likeness (QED) is 0.844. The zero-order valence-corrected chi connectivity index (χ0v) is 12.0. The number of aromatic nitrogens is 2. The van der Waals surface area contributed by atoms with Gasteiger partial charge in [0.15, 0.2) is 0 Å². The molecule has 0 fully saturated rings. The Morgan fingerprint density at radius 1 is 1.40 bits per heavy atom. The molecule has 0 aliphatic carbocycles. The number of hydrogen-bond donors (Lipinski definition) is 1. The molecule has 2 aromatic rings. The van der Waals surface area contributed by atoms with Crippen LogP contribution in [-0.4, -0.2) is 28.7 Å². The van der Waals surface area contributed by atoms with Gasteiger partial charge >= 0.3 is 5.97 Å². The highest BCUT2D eigenvalue weighted by Crippen LogP contribution is 2.14. The van der Waals surface area contributed by atoms with E-state index in [0.717, 1.165) is 17.2 Å². The van der Waals surface area contributed by atoms with Crippen LogP contribution in [0.4, 0.5) is 0 Å². The van der Waals surface area contributed by atoms with Crippen molar-refractivity contribution in [1.29, 1.82) is 0 Å². The van der Waals surface area contributed by atoms with E-state index in [9.17, 15) is 4.79 Å². The summed E-state index contributed by atoms with van der Waals surface area (Å²) in [6, 6.07) is 9.67. The Kier molecular flexibility index (Phi) is 4.53. The molecule has 0 radical (unpaired) electrons. The van der Waals surface area contributed by atoms with Crippen LogP contribution in [0.15, 0.2) is 36.5 Å². The first-order valence-corrected chi connectivity index (χ1v) is 6.53. The first-order chi connectivity index (χ1) is 9.63. The summed E-state index contributed by atoms with van der Waals surface area (Å²) < 4.78 is 6.76. The van der Waals surface area contributed by atoms with E-state index in [0.29, 0.717) is 6.54 Å². The molecule has 0 amide bonds. The van der Waals surface area contributed by atoms with E-state index >= 15 is 0 Å². The topological polar surface area (TPSA) is 56.1 Å². The molecule has 0 bridgehead atoms. The number of nitrogens with one attached hydrogen (secondary N) is 1. The number of ether oxygens (including phenoxy) is 1. The van der Waals surface area contributed by atoms with Crippen LogP contribution in [-0.2, 0) is 16.1 Å². The highest BCUT2D eigenvalue weighted by Gasteiger charge is 2.14. The Morgan fingerprint density at radius 3 is 2.75 bits per heavy atom. The number of benzene rings is 1. The Hall–Kier alpha value is -2.14. The van der Waals surface area contributed by atoms with Gasteiger partial charge < -0.3 is 4.74 Å². The van der Waals surface area contributed by atoms with Gasteiger partial charge in [0.2, 0.25) is 0 Å². The SMILES string of the molecule is COC(=O)C(C)NCc1cnc(C)n1-c1ccccc1. The van der Waals surface area contributed by atoms with Gasteiger partial charge in [-0.1, -0.05) is 18.2 Å². The summed E-state index contributed by atoms with van der Waals surface area (Å²) >= 11 is 0. The van der Waals surface area contributed by atoms with Gasteiger partial charge in [-0.3, -0.25) is 14.7 Å². The molecular formula is C15H19N3O2. The van der Waals surface area contributed by atoms with Crippen LogP contribution in [0.3, 0.4) is 0 Å². The Morgan fingerprint density at radius 2 is 2.10 bits per heavy atom. The van der Waals surface area contributed by atoms with Gasteiger partial charge in [0.05, 0.1) is 19.0 Å². The lowest BCUT2D eigenvalue weighted by atomic mass is 10.3. The maximum atomic E-state index is 11.4. The van der Waals surface area contributed by atoms with Gasteiger partial charge in [0.25, 0.3) is 0 Å². The lowest BCUT2D eigenvalue weighted by Crippen LogP contribution is -2.34. The fraction of sp³-hybridized carbons (Fsp3) is 0.333. The van der Waals surface area contributed by atoms with Crippen LogP contribution in [0.25, 0.3) is 5.69 Å². The predicted octanol–water partition coefficient (Wildman–Crippen LogP) is 1.83. The summed E-state index contributed by atoms with van der Waals surface area (Å²) in [5.74, 6) is 0.645. The van der Waals surface area contributed by atoms with Crippen molar-refractivity contribution in [2.75, 3.05) is 7.11 Å².